The Bertz CT molecular complexity index is 832. The van der Waals surface area contributed by atoms with E-state index in [1.807, 2.05) is 0 Å². The summed E-state index contributed by atoms with van der Waals surface area (Å²) in [5.74, 6) is -7.58. The van der Waals surface area contributed by atoms with Gasteiger partial charge in [0.05, 0.1) is 5.52 Å². The highest BCUT2D eigenvalue weighted by Crippen LogP contribution is 2.24. The van der Waals surface area contributed by atoms with Gasteiger partial charge >= 0.3 is 0 Å². The third-order valence-electron chi connectivity index (χ3n) is 2.95. The van der Waals surface area contributed by atoms with Crippen LogP contribution in [0.15, 0.2) is 36.5 Å². The number of rotatable bonds is 2. The number of anilines is 1. The third-order valence-corrected chi connectivity index (χ3v) is 2.95. The van der Waals surface area contributed by atoms with E-state index in [2.05, 4.69) is 5.10 Å². The molecule has 22 heavy (non-hydrogen) atoms. The van der Waals surface area contributed by atoms with Crippen LogP contribution in [-0.4, -0.2) is 15.5 Å². The van der Waals surface area contributed by atoms with Gasteiger partial charge in [-0.1, -0.05) is 6.07 Å². The molecule has 0 fully saturated rings. The summed E-state index contributed by atoms with van der Waals surface area (Å²) >= 11 is 0. The van der Waals surface area contributed by atoms with E-state index < -0.39 is 34.9 Å². The number of nitrogens with one attached hydrogen (secondary N) is 1. The van der Waals surface area contributed by atoms with E-state index in [0.29, 0.717) is 5.52 Å². The van der Waals surface area contributed by atoms with E-state index in [1.54, 1.807) is 29.7 Å². The molecular formula is C14H7F4N3O. The third kappa shape index (κ3) is 2.28. The van der Waals surface area contributed by atoms with Crippen molar-refractivity contribution >= 4 is 17.1 Å². The van der Waals surface area contributed by atoms with Crippen molar-refractivity contribution in [3.05, 3.63) is 65.5 Å². The molecule has 0 saturated carbocycles. The zero-order valence-electron chi connectivity index (χ0n) is 10.8. The molecule has 112 valence electrons. The van der Waals surface area contributed by atoms with Crippen LogP contribution in [0, 0.1) is 23.3 Å². The quantitative estimate of drug-likeness (QED) is 0.584. The standard InChI is InChI=1S/C14H7F4N3O/c15-8-6-9(16)12(18)13(11(8)17)19-14(22)10-5-7-3-1-2-4-21(7)20-10/h1-6H,(H,19,22). The lowest BCUT2D eigenvalue weighted by Gasteiger charge is -2.07. The Balaban J connectivity index is 1.98. The Morgan fingerprint density at radius 3 is 2.36 bits per heavy atom. The molecule has 3 aromatic rings. The average molecular weight is 309 g/mol. The molecule has 0 atom stereocenters. The SMILES string of the molecule is O=C(Nc1c(F)c(F)cc(F)c1F)c1cc2ccccn2n1. The molecule has 0 bridgehead atoms. The van der Waals surface area contributed by atoms with Crippen molar-refractivity contribution in [3.63, 3.8) is 0 Å². The lowest BCUT2D eigenvalue weighted by atomic mass is 10.2. The van der Waals surface area contributed by atoms with Crippen LogP contribution in [-0.2, 0) is 0 Å². The largest absolute Gasteiger partial charge is 0.315 e. The van der Waals surface area contributed by atoms with E-state index in [-0.39, 0.29) is 11.8 Å². The highest BCUT2D eigenvalue weighted by Gasteiger charge is 2.22. The number of amides is 1. The summed E-state index contributed by atoms with van der Waals surface area (Å²) in [6, 6.07) is 6.46. The number of benzene rings is 1. The molecule has 4 nitrogen and oxygen atoms in total. The van der Waals surface area contributed by atoms with Crippen molar-refractivity contribution < 1.29 is 22.4 Å². The molecular weight excluding hydrogens is 302 g/mol. The van der Waals surface area contributed by atoms with Gasteiger partial charge in [0, 0.05) is 12.3 Å². The molecule has 1 aromatic carbocycles. The lowest BCUT2D eigenvalue weighted by Crippen LogP contribution is -2.16. The molecule has 1 amide bonds. The van der Waals surface area contributed by atoms with Crippen LogP contribution in [0.25, 0.3) is 5.52 Å². The van der Waals surface area contributed by atoms with Crippen LogP contribution in [0.2, 0.25) is 0 Å². The van der Waals surface area contributed by atoms with Gasteiger partial charge in [0.2, 0.25) is 0 Å². The van der Waals surface area contributed by atoms with Crippen molar-refractivity contribution in [1.82, 2.24) is 9.61 Å². The first-order chi connectivity index (χ1) is 10.5. The van der Waals surface area contributed by atoms with Crippen molar-refractivity contribution in [2.75, 3.05) is 5.32 Å². The normalized spacial score (nSPS) is 10.9. The minimum absolute atomic E-state index is 0.0608. The molecule has 1 N–H and O–H groups in total. The summed E-state index contributed by atoms with van der Waals surface area (Å²) in [5, 5.41) is 5.68. The first-order valence-electron chi connectivity index (χ1n) is 6.06. The van der Waals surface area contributed by atoms with Crippen LogP contribution in [0.3, 0.4) is 0 Å². The highest BCUT2D eigenvalue weighted by molar-refractivity contribution is 6.03. The monoisotopic (exact) mass is 309 g/mol. The van der Waals surface area contributed by atoms with Gasteiger partial charge in [-0.3, -0.25) is 4.79 Å². The molecule has 0 spiro atoms. The second-order valence-electron chi connectivity index (χ2n) is 4.40. The van der Waals surface area contributed by atoms with Gasteiger partial charge in [-0.25, -0.2) is 22.1 Å². The fourth-order valence-electron chi connectivity index (χ4n) is 1.91. The predicted octanol–water partition coefficient (Wildman–Crippen LogP) is 3.14. The number of nitrogens with zero attached hydrogens (tertiary/aromatic N) is 2. The van der Waals surface area contributed by atoms with Gasteiger partial charge in [-0.2, -0.15) is 5.10 Å². The number of pyridine rings is 1. The van der Waals surface area contributed by atoms with Crippen molar-refractivity contribution in [2.45, 2.75) is 0 Å². The van der Waals surface area contributed by atoms with Crippen molar-refractivity contribution in [2.24, 2.45) is 0 Å². The predicted molar refractivity (Wildman–Crippen MR) is 69.4 cm³/mol. The summed E-state index contributed by atoms with van der Waals surface area (Å²) in [6.45, 7) is 0. The number of carbonyl (C=O) groups excluding carboxylic acids is 1. The van der Waals surface area contributed by atoms with Crippen LogP contribution in [0.5, 0.6) is 0 Å². The first kappa shape index (κ1) is 14.1. The smallest absolute Gasteiger partial charge is 0.276 e. The maximum absolute atomic E-state index is 13.5. The number of aromatic nitrogens is 2. The summed E-state index contributed by atoms with van der Waals surface area (Å²) in [4.78, 5) is 11.9. The number of halogens is 4. The van der Waals surface area contributed by atoms with Crippen molar-refractivity contribution in [1.29, 1.82) is 0 Å². The summed E-state index contributed by atoms with van der Waals surface area (Å²) in [5.41, 5.74) is -0.784. The van der Waals surface area contributed by atoms with Crippen LogP contribution < -0.4 is 5.32 Å². The zero-order chi connectivity index (χ0) is 15.9. The topological polar surface area (TPSA) is 46.4 Å². The van der Waals surface area contributed by atoms with Gasteiger partial charge < -0.3 is 5.32 Å². The molecule has 0 aliphatic heterocycles. The van der Waals surface area contributed by atoms with Gasteiger partial charge in [0.25, 0.3) is 5.91 Å². The molecule has 0 unspecified atom stereocenters. The maximum Gasteiger partial charge on any atom is 0.276 e. The molecule has 0 radical (unpaired) electrons. The van der Waals surface area contributed by atoms with Gasteiger partial charge in [-0.05, 0) is 18.2 Å². The van der Waals surface area contributed by atoms with E-state index in [1.165, 1.54) is 10.6 Å². The zero-order valence-corrected chi connectivity index (χ0v) is 10.8. The van der Waals surface area contributed by atoms with Gasteiger partial charge in [0.15, 0.2) is 29.0 Å². The second kappa shape index (κ2) is 5.14. The molecule has 8 heteroatoms. The highest BCUT2D eigenvalue weighted by atomic mass is 19.2. The van der Waals surface area contributed by atoms with E-state index >= 15 is 0 Å². The van der Waals surface area contributed by atoms with Crippen LogP contribution >= 0.6 is 0 Å². The summed E-state index contributed by atoms with van der Waals surface area (Å²) in [6.07, 6.45) is 1.56. The summed E-state index contributed by atoms with van der Waals surface area (Å²) in [7, 11) is 0. The fraction of sp³-hybridized carbons (Fsp3) is 0. The fourth-order valence-corrected chi connectivity index (χ4v) is 1.91. The van der Waals surface area contributed by atoms with Crippen molar-refractivity contribution in [3.8, 4) is 0 Å². The number of hydrogen-bond donors (Lipinski definition) is 1. The Labute approximate surface area is 121 Å². The first-order valence-corrected chi connectivity index (χ1v) is 6.06. The molecule has 0 aliphatic carbocycles. The van der Waals surface area contributed by atoms with Crippen LogP contribution in [0.1, 0.15) is 10.5 Å². The molecule has 0 aliphatic rings. The van der Waals surface area contributed by atoms with E-state index in [4.69, 9.17) is 0 Å². The minimum atomic E-state index is -1.68. The molecule has 2 heterocycles. The molecule has 0 saturated heterocycles. The minimum Gasteiger partial charge on any atom is -0.315 e. The average Bonchev–Trinajstić information content (AvgIpc) is 2.93. The van der Waals surface area contributed by atoms with E-state index in [9.17, 15) is 22.4 Å². The Morgan fingerprint density at radius 2 is 1.73 bits per heavy atom. The maximum atomic E-state index is 13.5. The number of carbonyl (C=O) groups is 1. The Morgan fingerprint density at radius 1 is 1.05 bits per heavy atom. The Kier molecular flexibility index (Phi) is 3.28. The van der Waals surface area contributed by atoms with Crippen LogP contribution in [0.4, 0.5) is 23.2 Å². The molecule has 3 rings (SSSR count). The number of fused-ring (bicyclic) bond motifs is 1. The second-order valence-corrected chi connectivity index (χ2v) is 4.40. The molecule has 2 aromatic heterocycles. The van der Waals surface area contributed by atoms with E-state index in [0.717, 1.165) is 0 Å². The van der Waals surface area contributed by atoms with Gasteiger partial charge in [-0.15, -0.1) is 0 Å². The Hall–Kier alpha value is -2.90. The lowest BCUT2D eigenvalue weighted by molar-refractivity contribution is 0.102. The summed E-state index contributed by atoms with van der Waals surface area (Å²) < 4.78 is 54.5. The van der Waals surface area contributed by atoms with Gasteiger partial charge in [0.1, 0.15) is 5.69 Å². The number of hydrogen-bond acceptors (Lipinski definition) is 2.